The molecule has 6 rings (SSSR count). The summed E-state index contributed by atoms with van der Waals surface area (Å²) in [5, 5.41) is 2.10. The topological polar surface area (TPSA) is 75.3 Å². The highest BCUT2D eigenvalue weighted by Gasteiger charge is 2.63. The second-order valence-corrected chi connectivity index (χ2v) is 17.9. The Hall–Kier alpha value is -3.11. The van der Waals surface area contributed by atoms with Gasteiger partial charge in [-0.25, -0.2) is 0 Å². The molecule has 3 saturated heterocycles. The number of fused-ring (bicyclic) bond motifs is 1. The van der Waals surface area contributed by atoms with Crippen LogP contribution in [0.1, 0.15) is 30.5 Å². The van der Waals surface area contributed by atoms with E-state index in [0.717, 1.165) is 16.7 Å². The summed E-state index contributed by atoms with van der Waals surface area (Å²) in [5.74, 6) is -1.03. The van der Waals surface area contributed by atoms with Gasteiger partial charge in [0, 0.05) is 0 Å². The molecule has 0 aliphatic carbocycles. The zero-order valence-corrected chi connectivity index (χ0v) is 25.8. The maximum atomic E-state index is 12.4. The van der Waals surface area contributed by atoms with E-state index in [0.29, 0.717) is 5.57 Å². The van der Waals surface area contributed by atoms with Crippen molar-refractivity contribution in [3.8, 4) is 0 Å². The van der Waals surface area contributed by atoms with Crippen LogP contribution in [0.25, 0.3) is 0 Å². The Labute approximate surface area is 248 Å². The lowest BCUT2D eigenvalue weighted by Crippen LogP contribution is -2.77. The van der Waals surface area contributed by atoms with Crippen molar-refractivity contribution in [2.24, 2.45) is 0 Å². The molecule has 3 aromatic rings. The maximum Gasteiger partial charge on any atom is 0.253 e. The van der Waals surface area contributed by atoms with Gasteiger partial charge in [0.1, 0.15) is 32.0 Å². The molecule has 3 aliphatic heterocycles. The van der Waals surface area contributed by atoms with Gasteiger partial charge in [-0.15, -0.1) is 0 Å². The minimum Gasteiger partial charge on any atom is -0.358 e. The summed E-state index contributed by atoms with van der Waals surface area (Å²) in [4.78, 5) is 12.4. The molecule has 42 heavy (non-hydrogen) atoms. The van der Waals surface area contributed by atoms with Crippen LogP contribution in [-0.2, 0) is 34.1 Å². The van der Waals surface area contributed by atoms with Crippen molar-refractivity contribution in [3.63, 3.8) is 0 Å². The number of hydrogen-bond donors (Lipinski definition) is 1. The van der Waals surface area contributed by atoms with E-state index < -0.39 is 49.4 Å². The smallest absolute Gasteiger partial charge is 0.253 e. The Kier molecular flexibility index (Phi) is 7.28. The molecule has 0 bridgehead atoms. The second kappa shape index (κ2) is 10.6. The number of ether oxygens (including phenoxy) is 5. The molecule has 3 aromatic carbocycles. The highest BCUT2D eigenvalue weighted by molar-refractivity contribution is 6.81. The first-order valence-corrected chi connectivity index (χ1v) is 18.0. The molecule has 0 aromatic heterocycles. The van der Waals surface area contributed by atoms with Crippen LogP contribution >= 0.6 is 0 Å². The summed E-state index contributed by atoms with van der Waals surface area (Å²) in [6.45, 7) is 14.4. The van der Waals surface area contributed by atoms with Crippen LogP contribution in [0.3, 0.4) is 0 Å². The molecule has 1 amide bonds. The zero-order chi connectivity index (χ0) is 29.8. The van der Waals surface area contributed by atoms with Gasteiger partial charge in [0.2, 0.25) is 0 Å². The molecule has 1 N–H and O–H groups in total. The molecule has 8 heteroatoms. The van der Waals surface area contributed by atoms with Crippen molar-refractivity contribution >= 4 is 14.0 Å². The van der Waals surface area contributed by atoms with E-state index in [1.807, 2.05) is 68.4 Å². The summed E-state index contributed by atoms with van der Waals surface area (Å²) in [6, 6.07) is 30.6. The number of rotatable bonds is 9. The Morgan fingerprint density at radius 1 is 0.857 bits per heavy atom. The molecule has 0 saturated carbocycles. The highest BCUT2D eigenvalue weighted by atomic mass is 28.3. The molecule has 3 fully saturated rings. The largest absolute Gasteiger partial charge is 0.358 e. The average molecular weight is 586 g/mol. The van der Waals surface area contributed by atoms with Crippen molar-refractivity contribution in [2.75, 3.05) is 6.61 Å². The van der Waals surface area contributed by atoms with Crippen molar-refractivity contribution in [2.45, 2.75) is 74.8 Å². The first-order chi connectivity index (χ1) is 20.0. The summed E-state index contributed by atoms with van der Waals surface area (Å²) >= 11 is 0. The lowest BCUT2D eigenvalue weighted by Gasteiger charge is -2.53. The van der Waals surface area contributed by atoms with Gasteiger partial charge in [0.15, 0.2) is 17.4 Å². The van der Waals surface area contributed by atoms with Crippen LogP contribution in [0.5, 0.6) is 0 Å². The fourth-order valence-electron chi connectivity index (χ4n) is 6.33. The predicted molar refractivity (Wildman–Crippen MR) is 162 cm³/mol. The summed E-state index contributed by atoms with van der Waals surface area (Å²) in [6.07, 6.45) is -2.28. The monoisotopic (exact) mass is 585 g/mol. The zero-order valence-electron chi connectivity index (χ0n) is 24.8. The first-order valence-electron chi connectivity index (χ1n) is 14.5. The molecule has 0 radical (unpaired) electrons. The molecular weight excluding hydrogens is 546 g/mol. The fourth-order valence-corrected chi connectivity index (χ4v) is 8.33. The van der Waals surface area contributed by atoms with Crippen molar-refractivity contribution < 1.29 is 28.5 Å². The lowest BCUT2D eigenvalue weighted by atomic mass is 9.80. The van der Waals surface area contributed by atoms with Crippen molar-refractivity contribution in [3.05, 3.63) is 120 Å². The maximum absolute atomic E-state index is 12.4. The summed E-state index contributed by atoms with van der Waals surface area (Å²) in [5.41, 5.74) is 2.48. The van der Waals surface area contributed by atoms with Crippen LogP contribution in [0, 0.1) is 0 Å². The normalized spacial score (nSPS) is 28.7. The van der Waals surface area contributed by atoms with Gasteiger partial charge in [-0.1, -0.05) is 117 Å². The number of carbonyl (C=O) groups excluding carboxylic acids is 1. The molecule has 0 unspecified atom stereocenters. The quantitative estimate of drug-likeness (QED) is 0.154. The molecule has 5 atom stereocenters. The number of carbonyl (C=O) groups is 1. The Morgan fingerprint density at radius 2 is 1.36 bits per heavy atom. The minimum atomic E-state index is -2.17. The van der Waals surface area contributed by atoms with E-state index in [9.17, 15) is 4.79 Å². The van der Waals surface area contributed by atoms with Crippen LogP contribution in [0.4, 0.5) is 0 Å². The Morgan fingerprint density at radius 3 is 1.79 bits per heavy atom. The standard InChI is InChI=1S/C34H39NO6Si/c1-23-30(36)35-34(23,42(4,5)6)40-28-27(38-31-29(28)39-32(2,3)41-31)22-37-33(24-16-10-7-11-17-24,25-18-12-8-13-19-25)26-20-14-9-15-21-26/h7-21,27-29,31H,1,22H2,2-6H3,(H,35,36)/t27-,28+,29-,31-,34+/m1/s1. The number of nitrogens with one attached hydrogen (secondary N) is 1. The third-order valence-electron chi connectivity index (χ3n) is 8.45. The van der Waals surface area contributed by atoms with Crippen LogP contribution in [-0.4, -0.2) is 56.3 Å². The Bertz CT molecular complexity index is 1340. The first kappa shape index (κ1) is 29.0. The molecule has 0 spiro atoms. The van der Waals surface area contributed by atoms with Crippen molar-refractivity contribution in [1.29, 1.82) is 0 Å². The minimum absolute atomic E-state index is 0.172. The van der Waals surface area contributed by atoms with E-state index in [4.69, 9.17) is 23.7 Å². The third-order valence-corrected chi connectivity index (χ3v) is 11.1. The summed E-state index contributed by atoms with van der Waals surface area (Å²) in [7, 11) is -2.17. The van der Waals surface area contributed by atoms with E-state index in [-0.39, 0.29) is 12.5 Å². The highest BCUT2D eigenvalue weighted by Crippen LogP contribution is 2.46. The number of benzene rings is 3. The number of amides is 1. The SMILES string of the molecule is C=C1C(=O)N[C@@]1(O[C@@H]1[C@H]2OC(C)(C)O[C@H]2O[C@@H]1COC(c1ccccc1)(c1ccccc1)c1ccccc1)[Si](C)(C)C. The molecule has 7 nitrogen and oxygen atoms in total. The van der Waals surface area contributed by atoms with Gasteiger partial charge < -0.3 is 29.0 Å². The van der Waals surface area contributed by atoms with Crippen LogP contribution in [0.15, 0.2) is 103 Å². The van der Waals surface area contributed by atoms with E-state index in [1.165, 1.54) is 0 Å². The van der Waals surface area contributed by atoms with Crippen molar-refractivity contribution in [1.82, 2.24) is 5.32 Å². The fraction of sp³-hybridized carbons (Fsp3) is 0.382. The average Bonchev–Trinajstić information content (AvgIpc) is 3.45. The number of β-lactam (4-membered cyclic amide) rings is 1. The summed E-state index contributed by atoms with van der Waals surface area (Å²) < 4.78 is 33.0. The van der Waals surface area contributed by atoms with Gasteiger partial charge in [0.05, 0.1) is 12.2 Å². The molecule has 220 valence electrons. The molecule has 3 heterocycles. The van der Waals surface area contributed by atoms with E-state index in [1.54, 1.807) is 0 Å². The van der Waals surface area contributed by atoms with Gasteiger partial charge in [-0.2, -0.15) is 0 Å². The molecular formula is C34H39NO6Si. The van der Waals surface area contributed by atoms with E-state index >= 15 is 0 Å². The Balaban J connectivity index is 1.39. The number of hydrogen-bond acceptors (Lipinski definition) is 6. The molecule has 3 aliphatic rings. The van der Waals surface area contributed by atoms with Gasteiger partial charge in [0.25, 0.3) is 5.91 Å². The predicted octanol–water partition coefficient (Wildman–Crippen LogP) is 5.52. The van der Waals surface area contributed by atoms with Crippen LogP contribution < -0.4 is 5.32 Å². The van der Waals surface area contributed by atoms with Gasteiger partial charge in [-0.3, -0.25) is 4.79 Å². The lowest BCUT2D eigenvalue weighted by molar-refractivity contribution is -0.234. The van der Waals surface area contributed by atoms with Crippen LogP contribution in [0.2, 0.25) is 19.6 Å². The van der Waals surface area contributed by atoms with Gasteiger partial charge in [-0.05, 0) is 30.5 Å². The third kappa shape index (κ3) is 4.76. The second-order valence-electron chi connectivity index (χ2n) is 12.7. The van der Waals surface area contributed by atoms with Gasteiger partial charge >= 0.3 is 0 Å². The van der Waals surface area contributed by atoms with E-state index in [2.05, 4.69) is 67.9 Å².